The first-order valence-corrected chi connectivity index (χ1v) is 5.10. The van der Waals surface area contributed by atoms with Gasteiger partial charge in [-0.1, -0.05) is 15.9 Å². The number of aromatic nitrogens is 2. The fourth-order valence-electron chi connectivity index (χ4n) is 1.02. The molecule has 14 heavy (non-hydrogen) atoms. The highest BCUT2D eigenvalue weighted by Crippen LogP contribution is 2.12. The van der Waals surface area contributed by atoms with Gasteiger partial charge in [0.1, 0.15) is 7.11 Å². The van der Waals surface area contributed by atoms with Crippen LogP contribution in [0, 0.1) is 4.91 Å². The quantitative estimate of drug-likeness (QED) is 0.630. The summed E-state index contributed by atoms with van der Waals surface area (Å²) in [5.74, 6) is 0.137. The van der Waals surface area contributed by atoms with Gasteiger partial charge in [0.15, 0.2) is 4.92 Å². The zero-order valence-corrected chi connectivity index (χ0v) is 9.27. The highest BCUT2D eigenvalue weighted by atomic mass is 79.9. The van der Waals surface area contributed by atoms with Gasteiger partial charge in [-0.15, -0.1) is 0 Å². The number of aliphatic hydroxyl groups excluding tert-OH is 1. The average Bonchev–Trinajstić information content (AvgIpc) is 2.60. The van der Waals surface area contributed by atoms with E-state index in [0.29, 0.717) is 22.5 Å². The lowest BCUT2D eigenvalue weighted by Crippen LogP contribution is -2.06. The van der Waals surface area contributed by atoms with E-state index in [0.717, 1.165) is 0 Å². The van der Waals surface area contributed by atoms with Crippen LogP contribution in [0.25, 0.3) is 0 Å². The Bertz CT molecular complexity index is 326. The van der Waals surface area contributed by atoms with E-state index in [-0.39, 0.29) is 12.4 Å². The molecule has 0 saturated heterocycles. The Morgan fingerprint density at radius 2 is 2.50 bits per heavy atom. The highest BCUT2D eigenvalue weighted by molar-refractivity contribution is 9.09. The summed E-state index contributed by atoms with van der Waals surface area (Å²) in [6.45, 7) is 0.436. The van der Waals surface area contributed by atoms with E-state index in [1.165, 1.54) is 13.2 Å². The Morgan fingerprint density at radius 3 is 3.00 bits per heavy atom. The van der Waals surface area contributed by atoms with E-state index in [9.17, 15) is 4.91 Å². The number of halogens is 1. The molecule has 1 aromatic rings. The van der Waals surface area contributed by atoms with E-state index < -0.39 is 0 Å². The number of aliphatic hydroxyl groups is 1. The maximum Gasteiger partial charge on any atom is 0.434 e. The van der Waals surface area contributed by atoms with Crippen LogP contribution in [0.4, 0.5) is 5.82 Å². The maximum absolute atomic E-state index is 11.0. The molecule has 1 aromatic heterocycles. The molecule has 0 amide bonds. The normalized spacial score (nSPS) is 10.2. The minimum atomic E-state index is -0.155. The Hall–Kier alpha value is -0.950. The summed E-state index contributed by atoms with van der Waals surface area (Å²) in [7, 11) is 1.26. The summed E-state index contributed by atoms with van der Waals surface area (Å²) in [5.41, 5.74) is 0.581. The van der Waals surface area contributed by atoms with Gasteiger partial charge in [0.2, 0.25) is 0 Å². The second-order valence-electron chi connectivity index (χ2n) is 2.50. The van der Waals surface area contributed by atoms with Gasteiger partial charge in [-0.05, 0) is 4.91 Å². The third-order valence-corrected chi connectivity index (χ3v) is 2.02. The van der Waals surface area contributed by atoms with Gasteiger partial charge in [0.05, 0.1) is 30.0 Å². The number of nitrogens with zero attached hydrogens (tertiary/aromatic N) is 3. The van der Waals surface area contributed by atoms with Crippen LogP contribution in [0.3, 0.4) is 0 Å². The molecule has 0 aliphatic carbocycles. The molecule has 0 saturated carbocycles. The van der Waals surface area contributed by atoms with E-state index in [2.05, 4.69) is 25.9 Å². The number of alkyl halides is 1. The summed E-state index contributed by atoms with van der Waals surface area (Å²) < 4.78 is 1.55. The molecule has 0 aromatic carbocycles. The van der Waals surface area contributed by atoms with Gasteiger partial charge in [0, 0.05) is 5.33 Å². The fraction of sp³-hybridized carbons (Fsp3) is 0.571. The van der Waals surface area contributed by atoms with Crippen molar-refractivity contribution < 1.29 is 14.9 Å². The molecule has 0 aliphatic heterocycles. The Labute approximate surface area is 89.1 Å². The number of aryl methyl sites for hydroxylation is 1. The molecule has 1 heterocycles. The molecular formula is C7H11BrN3O3+. The van der Waals surface area contributed by atoms with Crippen LogP contribution in [0.5, 0.6) is 0 Å². The maximum atomic E-state index is 11.0. The first-order valence-electron chi connectivity index (χ1n) is 3.97. The van der Waals surface area contributed by atoms with Crippen molar-refractivity contribution >= 4 is 21.7 Å². The molecule has 0 spiro atoms. The monoisotopic (exact) mass is 264 g/mol. The van der Waals surface area contributed by atoms with Crippen LogP contribution in [0.1, 0.15) is 5.69 Å². The van der Waals surface area contributed by atoms with Crippen molar-refractivity contribution in [1.82, 2.24) is 9.78 Å². The van der Waals surface area contributed by atoms with Crippen molar-refractivity contribution in [1.29, 1.82) is 0 Å². The predicted molar refractivity (Wildman–Crippen MR) is 52.2 cm³/mol. The summed E-state index contributed by atoms with van der Waals surface area (Å²) >= 11 is 3.25. The van der Waals surface area contributed by atoms with Crippen molar-refractivity contribution in [2.75, 3.05) is 12.4 Å². The smallest absolute Gasteiger partial charge is 0.390 e. The Kier molecular flexibility index (Phi) is 4.02. The molecule has 78 valence electrons. The van der Waals surface area contributed by atoms with Crippen LogP contribution in [-0.4, -0.2) is 32.3 Å². The molecule has 6 nitrogen and oxygen atoms in total. The molecule has 0 aliphatic rings. The topological polar surface area (TPSA) is 67.4 Å². The number of hydrogen-bond acceptors (Lipinski definition) is 4. The van der Waals surface area contributed by atoms with Gasteiger partial charge in [-0.25, -0.2) is 0 Å². The molecule has 0 bridgehead atoms. The molecule has 0 atom stereocenters. The van der Waals surface area contributed by atoms with Crippen LogP contribution in [0.2, 0.25) is 0 Å². The third kappa shape index (κ3) is 2.30. The molecule has 0 unspecified atom stereocenters. The number of rotatable bonds is 5. The van der Waals surface area contributed by atoms with Crippen molar-refractivity contribution in [3.63, 3.8) is 0 Å². The molecule has 0 fully saturated rings. The first kappa shape index (κ1) is 11.1. The van der Waals surface area contributed by atoms with Gasteiger partial charge >= 0.3 is 5.82 Å². The zero-order chi connectivity index (χ0) is 10.6. The molecular weight excluding hydrogens is 254 g/mol. The minimum Gasteiger partial charge on any atom is -0.390 e. The first-order chi connectivity index (χ1) is 6.72. The largest absolute Gasteiger partial charge is 0.434 e. The standard InChI is InChI=1S/C7H11BrN3O3/c1-14-11(13)7-4-6(5-12)10(9-7)3-2-8/h4,12H,2-3,5H2,1H3/q+1. The SMILES string of the molecule is CO[N+](=O)c1cc(CO)n(CCBr)n1. The number of hydrogen-bond donors (Lipinski definition) is 1. The summed E-state index contributed by atoms with van der Waals surface area (Å²) in [6.07, 6.45) is 0. The van der Waals surface area contributed by atoms with Crippen LogP contribution < -0.4 is 0 Å². The highest BCUT2D eigenvalue weighted by Gasteiger charge is 2.21. The van der Waals surface area contributed by atoms with E-state index in [1.54, 1.807) is 4.68 Å². The lowest BCUT2D eigenvalue weighted by atomic mass is 10.4. The fourth-order valence-corrected chi connectivity index (χ4v) is 1.36. The predicted octanol–water partition coefficient (Wildman–Crippen LogP) is 0.742. The summed E-state index contributed by atoms with van der Waals surface area (Å²) in [6, 6.07) is 1.49. The van der Waals surface area contributed by atoms with Crippen molar-refractivity contribution in [3.05, 3.63) is 16.7 Å². The van der Waals surface area contributed by atoms with Gasteiger partial charge in [-0.2, -0.15) is 4.68 Å². The van der Waals surface area contributed by atoms with Crippen molar-refractivity contribution in [2.24, 2.45) is 0 Å². The zero-order valence-electron chi connectivity index (χ0n) is 7.68. The lowest BCUT2D eigenvalue weighted by Gasteiger charge is -1.94. The molecule has 1 N–H and O–H groups in total. The summed E-state index contributed by atoms with van der Waals surface area (Å²) in [4.78, 5) is 15.8. The van der Waals surface area contributed by atoms with Crippen LogP contribution in [0.15, 0.2) is 6.07 Å². The lowest BCUT2D eigenvalue weighted by molar-refractivity contribution is -0.739. The van der Waals surface area contributed by atoms with E-state index in [4.69, 9.17) is 5.11 Å². The molecule has 0 radical (unpaired) electrons. The average molecular weight is 265 g/mol. The minimum absolute atomic E-state index is 0.137. The van der Waals surface area contributed by atoms with Crippen LogP contribution in [-0.2, 0) is 18.0 Å². The van der Waals surface area contributed by atoms with Gasteiger partial charge in [-0.3, -0.25) is 0 Å². The van der Waals surface area contributed by atoms with Gasteiger partial charge in [0.25, 0.3) is 0 Å². The third-order valence-electron chi connectivity index (χ3n) is 1.66. The second kappa shape index (κ2) is 5.06. The van der Waals surface area contributed by atoms with Crippen molar-refractivity contribution in [2.45, 2.75) is 13.2 Å². The second-order valence-corrected chi connectivity index (χ2v) is 3.30. The Balaban J connectivity index is 2.94. The molecule has 1 rings (SSSR count). The van der Waals surface area contributed by atoms with Crippen molar-refractivity contribution in [3.8, 4) is 0 Å². The van der Waals surface area contributed by atoms with Crippen LogP contribution >= 0.6 is 15.9 Å². The van der Waals surface area contributed by atoms with E-state index in [1.807, 2.05) is 0 Å². The molecule has 7 heteroatoms. The van der Waals surface area contributed by atoms with E-state index >= 15 is 0 Å². The Morgan fingerprint density at radius 1 is 1.79 bits per heavy atom. The van der Waals surface area contributed by atoms with Gasteiger partial charge < -0.3 is 9.94 Å². The summed E-state index contributed by atoms with van der Waals surface area (Å²) in [5, 5.41) is 13.6.